The average molecular weight is 711 g/mol. The van der Waals surface area contributed by atoms with Crippen LogP contribution in [0, 0.1) is 5.41 Å². The number of alkyl halides is 3. The van der Waals surface area contributed by atoms with Crippen LogP contribution in [0.1, 0.15) is 85.6 Å². The third kappa shape index (κ3) is 11.3. The summed E-state index contributed by atoms with van der Waals surface area (Å²) >= 11 is 0. The molecular weight excluding hydrogens is 661 g/mol. The SMILES string of the molecule is CCN1CCCOc2ccc(cc2)CNc2nc(nc(OCC(F)(F)F)n2)Cc2ccc(C(=O)CCC3(CN4CCCC4)CC3)c(c2)OCCC1. The topological polar surface area (TPSA) is 102 Å². The zero-order chi connectivity index (χ0) is 35.7. The van der Waals surface area contributed by atoms with Gasteiger partial charge < -0.3 is 29.3 Å². The summed E-state index contributed by atoms with van der Waals surface area (Å²) in [6, 6.07) is 12.7. The number of halogens is 3. The standard InChI is InChI=1S/C38H49F3N6O4/c1-2-46-19-5-21-49-30-10-7-28(8-11-30)25-42-35-43-34(44-36(45-35)51-27-38(39,40)41)24-29-9-12-31(33(23-29)50-22-6-20-46)32(48)13-14-37(15-16-37)26-47-17-3-4-18-47/h7-12,23H,2-6,13-22,24-27H2,1H3,(H,42,43,44,45). The lowest BCUT2D eigenvalue weighted by atomic mass is 9.94. The number of nitrogens with one attached hydrogen (secondary N) is 1. The number of likely N-dealkylation sites (tertiary alicyclic amines) is 1. The van der Waals surface area contributed by atoms with Crippen molar-refractivity contribution >= 4 is 11.7 Å². The van der Waals surface area contributed by atoms with E-state index in [2.05, 4.69) is 37.0 Å². The summed E-state index contributed by atoms with van der Waals surface area (Å²) in [7, 11) is 0. The number of hydrogen-bond donors (Lipinski definition) is 1. The first-order valence-corrected chi connectivity index (χ1v) is 18.3. The minimum Gasteiger partial charge on any atom is -0.494 e. The van der Waals surface area contributed by atoms with Crippen molar-refractivity contribution in [2.24, 2.45) is 5.41 Å². The van der Waals surface area contributed by atoms with E-state index in [9.17, 15) is 18.0 Å². The molecule has 3 aromatic rings. The predicted octanol–water partition coefficient (Wildman–Crippen LogP) is 6.73. The monoisotopic (exact) mass is 710 g/mol. The molecule has 6 bridgehead atoms. The molecule has 1 aromatic heterocycles. The predicted molar refractivity (Wildman–Crippen MR) is 188 cm³/mol. The van der Waals surface area contributed by atoms with Gasteiger partial charge in [0.05, 0.1) is 18.8 Å². The molecule has 276 valence electrons. The van der Waals surface area contributed by atoms with Gasteiger partial charge in [0.1, 0.15) is 17.3 Å². The summed E-state index contributed by atoms with van der Waals surface area (Å²) in [5.74, 6) is 1.63. The molecule has 10 nitrogen and oxygen atoms in total. The number of benzene rings is 2. The zero-order valence-electron chi connectivity index (χ0n) is 29.5. The van der Waals surface area contributed by atoms with Gasteiger partial charge >= 0.3 is 12.2 Å². The van der Waals surface area contributed by atoms with Crippen molar-refractivity contribution in [2.75, 3.05) is 64.4 Å². The van der Waals surface area contributed by atoms with Gasteiger partial charge in [0.15, 0.2) is 12.4 Å². The second-order valence-corrected chi connectivity index (χ2v) is 14.0. The maximum Gasteiger partial charge on any atom is 0.422 e. The van der Waals surface area contributed by atoms with Crippen LogP contribution in [0.4, 0.5) is 19.1 Å². The summed E-state index contributed by atoms with van der Waals surface area (Å²) in [6.07, 6.45) is 3.43. The number of anilines is 1. The number of hydrogen-bond acceptors (Lipinski definition) is 10. The van der Waals surface area contributed by atoms with E-state index < -0.39 is 18.8 Å². The highest BCUT2D eigenvalue weighted by atomic mass is 19.4. The van der Waals surface area contributed by atoms with Crippen molar-refractivity contribution in [1.29, 1.82) is 0 Å². The molecule has 1 N–H and O–H groups in total. The first-order chi connectivity index (χ1) is 24.6. The number of carbonyl (C=O) groups is 1. The molecule has 13 heteroatoms. The number of ketones is 1. The molecule has 2 fully saturated rings. The molecule has 0 radical (unpaired) electrons. The maximum atomic E-state index is 13.7. The Morgan fingerprint density at radius 2 is 1.61 bits per heavy atom. The van der Waals surface area contributed by atoms with Crippen molar-refractivity contribution in [3.8, 4) is 17.5 Å². The van der Waals surface area contributed by atoms with Crippen molar-refractivity contribution in [3.63, 3.8) is 0 Å². The highest BCUT2D eigenvalue weighted by Gasteiger charge is 2.44. The van der Waals surface area contributed by atoms with Gasteiger partial charge in [-0.05, 0) is 105 Å². The van der Waals surface area contributed by atoms with Crippen LogP contribution in [0.15, 0.2) is 42.5 Å². The second kappa shape index (κ2) is 17.0. The number of nitrogens with zero attached hydrogens (tertiary/aromatic N) is 5. The smallest absolute Gasteiger partial charge is 0.422 e. The first kappa shape index (κ1) is 36.8. The van der Waals surface area contributed by atoms with Crippen LogP contribution in [0.5, 0.6) is 17.5 Å². The average Bonchev–Trinajstić information content (AvgIpc) is 3.69. The third-order valence-electron chi connectivity index (χ3n) is 9.92. The molecule has 0 amide bonds. The summed E-state index contributed by atoms with van der Waals surface area (Å²) < 4.78 is 56.3. The van der Waals surface area contributed by atoms with Gasteiger partial charge in [-0.3, -0.25) is 4.79 Å². The highest BCUT2D eigenvalue weighted by Crippen LogP contribution is 2.50. The minimum atomic E-state index is -4.55. The molecule has 3 aliphatic heterocycles. The number of fused-ring (bicyclic) bond motifs is 11. The van der Waals surface area contributed by atoms with Crippen LogP contribution >= 0.6 is 0 Å². The Kier molecular flexibility index (Phi) is 12.3. The fraction of sp³-hybridized carbons (Fsp3) is 0.579. The van der Waals surface area contributed by atoms with Crippen molar-refractivity contribution in [3.05, 3.63) is 65.0 Å². The Bertz CT molecular complexity index is 1600. The van der Waals surface area contributed by atoms with E-state index in [1.165, 1.54) is 25.7 Å². The molecule has 1 saturated carbocycles. The Morgan fingerprint density at radius 1 is 0.902 bits per heavy atom. The fourth-order valence-electron chi connectivity index (χ4n) is 6.83. The van der Waals surface area contributed by atoms with Crippen molar-refractivity contribution in [1.82, 2.24) is 24.8 Å². The van der Waals surface area contributed by atoms with Gasteiger partial charge in [0.2, 0.25) is 5.95 Å². The molecule has 1 aliphatic carbocycles. The van der Waals surface area contributed by atoms with Gasteiger partial charge in [-0.15, -0.1) is 0 Å². The van der Waals surface area contributed by atoms with Gasteiger partial charge in [-0.2, -0.15) is 28.1 Å². The lowest BCUT2D eigenvalue weighted by molar-refractivity contribution is -0.154. The van der Waals surface area contributed by atoms with E-state index >= 15 is 0 Å². The summed E-state index contributed by atoms with van der Waals surface area (Å²) in [4.78, 5) is 31.4. The number of carbonyl (C=O) groups excluding carboxylic acids is 1. The van der Waals surface area contributed by atoms with Crippen LogP contribution in [-0.2, 0) is 13.0 Å². The zero-order valence-corrected chi connectivity index (χ0v) is 29.5. The number of ether oxygens (including phenoxy) is 3. The van der Waals surface area contributed by atoms with Gasteiger partial charge in [-0.25, -0.2) is 0 Å². The van der Waals surface area contributed by atoms with Gasteiger partial charge in [0.25, 0.3) is 0 Å². The molecule has 7 rings (SSSR count). The minimum absolute atomic E-state index is 0.0584. The van der Waals surface area contributed by atoms with Gasteiger partial charge in [-0.1, -0.05) is 25.1 Å². The number of Topliss-reactive ketones (excluding diaryl/α,β-unsaturated/α-hetero) is 1. The van der Waals surface area contributed by atoms with Crippen molar-refractivity contribution < 1.29 is 32.2 Å². The normalized spacial score (nSPS) is 18.8. The molecule has 4 aliphatic rings. The van der Waals surface area contributed by atoms with Crippen LogP contribution in [0.25, 0.3) is 0 Å². The van der Waals surface area contributed by atoms with E-state index in [4.69, 9.17) is 14.2 Å². The van der Waals surface area contributed by atoms with E-state index in [1.54, 1.807) is 6.07 Å². The van der Waals surface area contributed by atoms with E-state index in [0.29, 0.717) is 37.5 Å². The summed E-state index contributed by atoms with van der Waals surface area (Å²) in [5, 5.41) is 3.09. The van der Waals surface area contributed by atoms with Crippen LogP contribution in [0.3, 0.4) is 0 Å². The highest BCUT2D eigenvalue weighted by molar-refractivity contribution is 5.98. The Labute approximate surface area is 298 Å². The molecule has 0 unspecified atom stereocenters. The van der Waals surface area contributed by atoms with Crippen LogP contribution < -0.4 is 19.5 Å². The largest absolute Gasteiger partial charge is 0.494 e. The van der Waals surface area contributed by atoms with Crippen LogP contribution in [-0.4, -0.2) is 95.8 Å². The lowest BCUT2D eigenvalue weighted by Gasteiger charge is -2.23. The molecule has 0 atom stereocenters. The van der Waals surface area contributed by atoms with Crippen LogP contribution in [0.2, 0.25) is 0 Å². The van der Waals surface area contributed by atoms with Crippen molar-refractivity contribution in [2.45, 2.75) is 77.4 Å². The molecular formula is C38H49F3N6O4. The Hall–Kier alpha value is -3.97. The Morgan fingerprint density at radius 3 is 2.31 bits per heavy atom. The molecule has 1 saturated heterocycles. The maximum absolute atomic E-state index is 13.7. The van der Waals surface area contributed by atoms with E-state index in [-0.39, 0.29) is 29.4 Å². The second-order valence-electron chi connectivity index (χ2n) is 14.0. The summed E-state index contributed by atoms with van der Waals surface area (Å²) in [5.41, 5.74) is 2.45. The molecule has 0 spiro atoms. The quantitative estimate of drug-likeness (QED) is 0.241. The van der Waals surface area contributed by atoms with E-state index in [1.807, 2.05) is 36.4 Å². The molecule has 2 aromatic carbocycles. The lowest BCUT2D eigenvalue weighted by Crippen LogP contribution is -2.28. The number of aromatic nitrogens is 3. The van der Waals surface area contributed by atoms with E-state index in [0.717, 1.165) is 75.4 Å². The Balaban J connectivity index is 1.23. The van der Waals surface area contributed by atoms with Gasteiger partial charge in [0, 0.05) is 39.0 Å². The fourth-order valence-corrected chi connectivity index (χ4v) is 6.83. The third-order valence-corrected chi connectivity index (χ3v) is 9.92. The molecule has 4 heterocycles. The first-order valence-electron chi connectivity index (χ1n) is 18.3. The molecule has 51 heavy (non-hydrogen) atoms. The summed E-state index contributed by atoms with van der Waals surface area (Å²) in [6.45, 7) is 7.97. The number of rotatable bonds is 9.